The summed E-state index contributed by atoms with van der Waals surface area (Å²) < 4.78 is 28.3. The van der Waals surface area contributed by atoms with Gasteiger partial charge in [0.1, 0.15) is 5.75 Å². The molecular formula is C12H16F2N2O2. The standard InChI is InChI=1S/C12H16F2N2O2/c1-8(15-2)7-16-11(17)9-4-3-5-10(6-9)18-12(13)14/h3-6,8,12,15H,7H2,1-2H3,(H,16,17). The molecule has 0 aliphatic heterocycles. The van der Waals surface area contributed by atoms with E-state index in [2.05, 4.69) is 15.4 Å². The van der Waals surface area contributed by atoms with Crippen molar-refractivity contribution in [2.24, 2.45) is 0 Å². The fraction of sp³-hybridized carbons (Fsp3) is 0.417. The van der Waals surface area contributed by atoms with Crippen molar-refractivity contribution in [3.05, 3.63) is 29.8 Å². The molecule has 6 heteroatoms. The van der Waals surface area contributed by atoms with Crippen molar-refractivity contribution >= 4 is 5.91 Å². The van der Waals surface area contributed by atoms with Gasteiger partial charge in [-0.25, -0.2) is 0 Å². The fourth-order valence-electron chi connectivity index (χ4n) is 1.26. The van der Waals surface area contributed by atoms with Gasteiger partial charge in [-0.1, -0.05) is 6.07 Å². The van der Waals surface area contributed by atoms with Crippen molar-refractivity contribution in [3.8, 4) is 5.75 Å². The van der Waals surface area contributed by atoms with Crippen molar-refractivity contribution in [1.82, 2.24) is 10.6 Å². The summed E-state index contributed by atoms with van der Waals surface area (Å²) in [5.74, 6) is -0.351. The van der Waals surface area contributed by atoms with Crippen molar-refractivity contribution in [1.29, 1.82) is 0 Å². The molecule has 0 saturated carbocycles. The van der Waals surface area contributed by atoms with Crippen LogP contribution in [0.25, 0.3) is 0 Å². The number of nitrogens with one attached hydrogen (secondary N) is 2. The minimum Gasteiger partial charge on any atom is -0.435 e. The molecule has 1 aromatic rings. The summed E-state index contributed by atoms with van der Waals surface area (Å²) in [7, 11) is 1.79. The maximum absolute atomic E-state index is 12.0. The zero-order valence-electron chi connectivity index (χ0n) is 10.2. The van der Waals surface area contributed by atoms with Gasteiger partial charge in [-0.2, -0.15) is 8.78 Å². The van der Waals surface area contributed by atoms with E-state index in [0.717, 1.165) is 0 Å². The monoisotopic (exact) mass is 258 g/mol. The van der Waals surface area contributed by atoms with Gasteiger partial charge in [0.15, 0.2) is 0 Å². The number of likely N-dealkylation sites (N-methyl/N-ethyl adjacent to an activating group) is 1. The molecule has 1 amide bonds. The summed E-state index contributed by atoms with van der Waals surface area (Å²) in [5.41, 5.74) is 0.288. The smallest absolute Gasteiger partial charge is 0.387 e. The Morgan fingerprint density at radius 2 is 2.17 bits per heavy atom. The molecule has 1 rings (SSSR count). The number of carbonyl (C=O) groups is 1. The highest BCUT2D eigenvalue weighted by Gasteiger charge is 2.09. The number of rotatable bonds is 6. The van der Waals surface area contributed by atoms with E-state index in [1.54, 1.807) is 7.05 Å². The average molecular weight is 258 g/mol. The van der Waals surface area contributed by atoms with E-state index in [0.29, 0.717) is 6.54 Å². The van der Waals surface area contributed by atoms with Crippen molar-refractivity contribution < 1.29 is 18.3 Å². The molecule has 0 radical (unpaired) electrons. The maximum Gasteiger partial charge on any atom is 0.387 e. The summed E-state index contributed by atoms with van der Waals surface area (Å²) in [6.07, 6.45) is 0. The molecular weight excluding hydrogens is 242 g/mol. The molecule has 0 aliphatic carbocycles. The molecule has 0 aromatic heterocycles. The third-order valence-corrected chi connectivity index (χ3v) is 2.38. The first-order chi connectivity index (χ1) is 8.52. The Bertz CT molecular complexity index is 399. The molecule has 1 atom stereocenters. The van der Waals surface area contributed by atoms with Gasteiger partial charge in [0, 0.05) is 18.2 Å². The van der Waals surface area contributed by atoms with E-state index in [9.17, 15) is 13.6 Å². The van der Waals surface area contributed by atoms with Crippen molar-refractivity contribution in [2.75, 3.05) is 13.6 Å². The number of alkyl halides is 2. The van der Waals surface area contributed by atoms with Crippen LogP contribution in [-0.2, 0) is 0 Å². The van der Waals surface area contributed by atoms with Gasteiger partial charge < -0.3 is 15.4 Å². The van der Waals surface area contributed by atoms with Gasteiger partial charge in [0.05, 0.1) is 0 Å². The molecule has 0 bridgehead atoms. The molecule has 1 unspecified atom stereocenters. The zero-order chi connectivity index (χ0) is 13.5. The molecule has 1 aromatic carbocycles. The van der Waals surface area contributed by atoms with Gasteiger partial charge in [0.2, 0.25) is 0 Å². The van der Waals surface area contributed by atoms with Gasteiger partial charge in [0.25, 0.3) is 5.91 Å². The van der Waals surface area contributed by atoms with Crippen LogP contribution in [0.2, 0.25) is 0 Å². The first-order valence-electron chi connectivity index (χ1n) is 5.53. The minimum absolute atomic E-state index is 0.0284. The van der Waals surface area contributed by atoms with Gasteiger partial charge in [-0.3, -0.25) is 4.79 Å². The average Bonchev–Trinajstić information content (AvgIpc) is 2.35. The topological polar surface area (TPSA) is 50.4 Å². The first kappa shape index (κ1) is 14.4. The van der Waals surface area contributed by atoms with Crippen LogP contribution in [-0.4, -0.2) is 32.2 Å². The lowest BCUT2D eigenvalue weighted by Crippen LogP contribution is -2.37. The number of hydrogen-bond acceptors (Lipinski definition) is 3. The summed E-state index contributed by atoms with van der Waals surface area (Å²) in [4.78, 5) is 11.7. The van der Waals surface area contributed by atoms with E-state index in [-0.39, 0.29) is 23.3 Å². The molecule has 4 nitrogen and oxygen atoms in total. The van der Waals surface area contributed by atoms with E-state index >= 15 is 0 Å². The summed E-state index contributed by atoms with van der Waals surface area (Å²) in [6.45, 7) is -0.529. The van der Waals surface area contributed by atoms with E-state index in [1.807, 2.05) is 6.92 Å². The summed E-state index contributed by atoms with van der Waals surface area (Å²) in [6, 6.07) is 5.82. The first-order valence-corrected chi connectivity index (χ1v) is 5.53. The highest BCUT2D eigenvalue weighted by atomic mass is 19.3. The van der Waals surface area contributed by atoms with E-state index in [4.69, 9.17) is 0 Å². The Morgan fingerprint density at radius 1 is 1.44 bits per heavy atom. The van der Waals surface area contributed by atoms with E-state index in [1.165, 1.54) is 24.3 Å². The maximum atomic E-state index is 12.0. The lowest BCUT2D eigenvalue weighted by Gasteiger charge is -2.12. The highest BCUT2D eigenvalue weighted by molar-refractivity contribution is 5.94. The largest absolute Gasteiger partial charge is 0.435 e. The van der Waals surface area contributed by atoms with Gasteiger partial charge in [-0.05, 0) is 32.2 Å². The van der Waals surface area contributed by atoms with Crippen LogP contribution in [0.1, 0.15) is 17.3 Å². The molecule has 2 N–H and O–H groups in total. The fourth-order valence-corrected chi connectivity index (χ4v) is 1.26. The molecule has 0 saturated heterocycles. The van der Waals surface area contributed by atoms with Crippen LogP contribution in [0, 0.1) is 0 Å². The van der Waals surface area contributed by atoms with Crippen LogP contribution in [0.15, 0.2) is 24.3 Å². The number of hydrogen-bond donors (Lipinski definition) is 2. The molecule has 100 valence electrons. The van der Waals surface area contributed by atoms with Crippen LogP contribution >= 0.6 is 0 Å². The SMILES string of the molecule is CNC(C)CNC(=O)c1cccc(OC(F)F)c1. The number of benzene rings is 1. The lowest BCUT2D eigenvalue weighted by atomic mass is 10.2. The second-order valence-electron chi connectivity index (χ2n) is 3.81. The molecule has 0 heterocycles. The quantitative estimate of drug-likeness (QED) is 0.815. The Morgan fingerprint density at radius 3 is 2.78 bits per heavy atom. The Labute approximate surface area is 104 Å². The predicted octanol–water partition coefficient (Wildman–Crippen LogP) is 1.63. The minimum atomic E-state index is -2.90. The Hall–Kier alpha value is -1.69. The van der Waals surface area contributed by atoms with Gasteiger partial charge in [-0.15, -0.1) is 0 Å². The highest BCUT2D eigenvalue weighted by Crippen LogP contribution is 2.15. The number of halogens is 2. The number of amides is 1. The van der Waals surface area contributed by atoms with E-state index < -0.39 is 6.61 Å². The Kier molecular flexibility index (Phi) is 5.51. The lowest BCUT2D eigenvalue weighted by molar-refractivity contribution is -0.0498. The summed E-state index contributed by atoms with van der Waals surface area (Å²) >= 11 is 0. The third-order valence-electron chi connectivity index (χ3n) is 2.38. The normalized spacial score (nSPS) is 12.3. The van der Waals surface area contributed by atoms with Crippen LogP contribution in [0.3, 0.4) is 0 Å². The van der Waals surface area contributed by atoms with Crippen molar-refractivity contribution in [2.45, 2.75) is 19.6 Å². The Balaban J connectivity index is 2.62. The van der Waals surface area contributed by atoms with Crippen LogP contribution in [0.4, 0.5) is 8.78 Å². The second kappa shape index (κ2) is 6.90. The third kappa shape index (κ3) is 4.67. The molecule has 18 heavy (non-hydrogen) atoms. The predicted molar refractivity (Wildman–Crippen MR) is 63.9 cm³/mol. The molecule has 0 aliphatic rings. The zero-order valence-corrected chi connectivity index (χ0v) is 10.2. The van der Waals surface area contributed by atoms with Crippen LogP contribution in [0.5, 0.6) is 5.75 Å². The van der Waals surface area contributed by atoms with Crippen molar-refractivity contribution in [3.63, 3.8) is 0 Å². The summed E-state index contributed by atoms with van der Waals surface area (Å²) in [5, 5.41) is 5.66. The van der Waals surface area contributed by atoms with Gasteiger partial charge >= 0.3 is 6.61 Å². The second-order valence-corrected chi connectivity index (χ2v) is 3.81. The van der Waals surface area contributed by atoms with Crippen LogP contribution < -0.4 is 15.4 Å². The molecule has 0 spiro atoms. The number of ether oxygens (including phenoxy) is 1. The number of carbonyl (C=O) groups excluding carboxylic acids is 1. The molecule has 0 fully saturated rings.